The molecule has 98 valence electrons. The molecular weight excluding hydrogens is 268 g/mol. The number of rotatable bonds is 1. The molecular formula is C12H11ClN4O2. The molecule has 1 amide bonds. The van der Waals surface area contributed by atoms with Crippen molar-refractivity contribution >= 4 is 23.2 Å². The van der Waals surface area contributed by atoms with Crippen LogP contribution in [0.2, 0.25) is 5.02 Å². The van der Waals surface area contributed by atoms with Crippen LogP contribution in [-0.4, -0.2) is 34.3 Å². The molecule has 2 aromatic rings. The molecule has 7 heteroatoms. The topological polar surface area (TPSA) is 60.2 Å². The van der Waals surface area contributed by atoms with Gasteiger partial charge in [-0.1, -0.05) is 17.7 Å². The van der Waals surface area contributed by atoms with Crippen LogP contribution in [0.5, 0.6) is 5.75 Å². The van der Waals surface area contributed by atoms with Crippen LogP contribution >= 0.6 is 11.6 Å². The third kappa shape index (κ3) is 1.94. The highest BCUT2D eigenvalue weighted by atomic mass is 35.5. The number of halogens is 1. The molecule has 2 heterocycles. The van der Waals surface area contributed by atoms with Crippen molar-refractivity contribution in [1.29, 1.82) is 0 Å². The minimum Gasteiger partial charge on any atom is -0.489 e. The number of hydrogen-bond donors (Lipinski definition) is 0. The molecule has 0 saturated heterocycles. The zero-order chi connectivity index (χ0) is 13.4. The van der Waals surface area contributed by atoms with Gasteiger partial charge in [0.1, 0.15) is 30.7 Å². The Morgan fingerprint density at radius 3 is 3.05 bits per heavy atom. The van der Waals surface area contributed by atoms with Crippen LogP contribution in [0.25, 0.3) is 0 Å². The van der Waals surface area contributed by atoms with E-state index in [1.54, 1.807) is 25.2 Å². The molecule has 0 saturated carbocycles. The standard InChI is InChI=1S/C12H11ClN4O2/c1-16-11-8(13)3-2-4-10(11)19-5-9(12(16)18)17-7-14-6-15-17/h2-4,6-7,9H,5H2,1H3/t9-/m0/s1. The number of carbonyl (C=O) groups excluding carboxylic acids is 1. The lowest BCUT2D eigenvalue weighted by Gasteiger charge is -2.20. The van der Waals surface area contributed by atoms with E-state index in [2.05, 4.69) is 10.1 Å². The minimum absolute atomic E-state index is 0.141. The van der Waals surface area contributed by atoms with E-state index in [0.717, 1.165) is 0 Å². The molecule has 1 aliphatic rings. The monoisotopic (exact) mass is 278 g/mol. The van der Waals surface area contributed by atoms with Gasteiger partial charge >= 0.3 is 0 Å². The second-order valence-electron chi connectivity index (χ2n) is 4.19. The first-order valence-electron chi connectivity index (χ1n) is 5.71. The molecule has 3 rings (SSSR count). The first kappa shape index (κ1) is 12.0. The third-order valence-corrected chi connectivity index (χ3v) is 3.36. The Morgan fingerprint density at radius 1 is 1.47 bits per heavy atom. The fourth-order valence-corrected chi connectivity index (χ4v) is 2.37. The summed E-state index contributed by atoms with van der Waals surface area (Å²) in [5.41, 5.74) is 0.580. The summed E-state index contributed by atoms with van der Waals surface area (Å²) in [7, 11) is 1.67. The van der Waals surface area contributed by atoms with Crippen LogP contribution in [0.15, 0.2) is 30.9 Å². The number of carbonyl (C=O) groups is 1. The summed E-state index contributed by atoms with van der Waals surface area (Å²) in [5.74, 6) is 0.448. The summed E-state index contributed by atoms with van der Waals surface area (Å²) in [6, 6.07) is 4.75. The lowest BCUT2D eigenvalue weighted by atomic mass is 10.2. The van der Waals surface area contributed by atoms with Gasteiger partial charge in [-0.25, -0.2) is 9.67 Å². The van der Waals surface area contributed by atoms with Crippen LogP contribution in [0.3, 0.4) is 0 Å². The number of anilines is 1. The molecule has 0 fully saturated rings. The predicted molar refractivity (Wildman–Crippen MR) is 69.4 cm³/mol. The Morgan fingerprint density at radius 2 is 2.32 bits per heavy atom. The zero-order valence-corrected chi connectivity index (χ0v) is 10.9. The molecule has 0 aliphatic carbocycles. The van der Waals surface area contributed by atoms with E-state index in [9.17, 15) is 4.79 Å². The molecule has 0 unspecified atom stereocenters. The fourth-order valence-electron chi connectivity index (χ4n) is 2.08. The van der Waals surface area contributed by atoms with Crippen molar-refractivity contribution in [3.05, 3.63) is 35.9 Å². The number of amides is 1. The minimum atomic E-state index is -0.545. The number of aromatic nitrogens is 3. The van der Waals surface area contributed by atoms with Gasteiger partial charge < -0.3 is 9.64 Å². The van der Waals surface area contributed by atoms with Gasteiger partial charge in [0, 0.05) is 7.05 Å². The number of para-hydroxylation sites is 1. The quantitative estimate of drug-likeness (QED) is 0.794. The van der Waals surface area contributed by atoms with Crippen molar-refractivity contribution in [2.75, 3.05) is 18.6 Å². The van der Waals surface area contributed by atoms with Gasteiger partial charge in [-0.3, -0.25) is 4.79 Å². The Bertz CT molecular complexity index is 614. The lowest BCUT2D eigenvalue weighted by molar-refractivity contribution is -0.122. The van der Waals surface area contributed by atoms with Crippen molar-refractivity contribution < 1.29 is 9.53 Å². The molecule has 1 aromatic heterocycles. The van der Waals surface area contributed by atoms with E-state index in [4.69, 9.17) is 16.3 Å². The number of nitrogens with zero attached hydrogens (tertiary/aromatic N) is 4. The van der Waals surface area contributed by atoms with Gasteiger partial charge in [-0.2, -0.15) is 5.10 Å². The number of hydrogen-bond acceptors (Lipinski definition) is 4. The molecule has 0 N–H and O–H groups in total. The van der Waals surface area contributed by atoms with Gasteiger partial charge in [0.05, 0.1) is 5.02 Å². The summed E-state index contributed by atoms with van der Waals surface area (Å²) in [5, 5.41) is 4.48. The van der Waals surface area contributed by atoms with Crippen molar-refractivity contribution in [2.24, 2.45) is 0 Å². The molecule has 19 heavy (non-hydrogen) atoms. The van der Waals surface area contributed by atoms with Crippen LogP contribution < -0.4 is 9.64 Å². The van der Waals surface area contributed by atoms with Crippen molar-refractivity contribution in [1.82, 2.24) is 14.8 Å². The summed E-state index contributed by atoms with van der Waals surface area (Å²) in [4.78, 5) is 17.8. The molecule has 0 bridgehead atoms. The Kier molecular flexibility index (Phi) is 2.87. The number of ether oxygens (including phenoxy) is 1. The van der Waals surface area contributed by atoms with Crippen molar-refractivity contribution in [3.8, 4) is 5.75 Å². The van der Waals surface area contributed by atoms with Crippen LogP contribution in [0.1, 0.15) is 6.04 Å². The summed E-state index contributed by atoms with van der Waals surface area (Å²) < 4.78 is 7.16. The van der Waals surface area contributed by atoms with E-state index in [-0.39, 0.29) is 12.5 Å². The van der Waals surface area contributed by atoms with Crippen molar-refractivity contribution in [3.63, 3.8) is 0 Å². The maximum Gasteiger partial charge on any atom is 0.255 e. The molecule has 1 atom stereocenters. The number of benzene rings is 1. The molecule has 0 radical (unpaired) electrons. The maximum absolute atomic E-state index is 12.5. The van der Waals surface area contributed by atoms with Crippen LogP contribution in [0, 0.1) is 0 Å². The van der Waals surface area contributed by atoms with E-state index >= 15 is 0 Å². The Labute approximate surface area is 114 Å². The molecule has 1 aliphatic heterocycles. The second kappa shape index (κ2) is 4.55. The Hall–Kier alpha value is -2.08. The summed E-state index contributed by atoms with van der Waals surface area (Å²) in [6.45, 7) is 0.194. The molecule has 0 spiro atoms. The van der Waals surface area contributed by atoms with Gasteiger partial charge in [0.15, 0.2) is 6.04 Å². The first-order valence-corrected chi connectivity index (χ1v) is 6.09. The van der Waals surface area contributed by atoms with Gasteiger partial charge in [0.2, 0.25) is 0 Å². The molecule has 6 nitrogen and oxygen atoms in total. The fraction of sp³-hybridized carbons (Fsp3) is 0.250. The smallest absolute Gasteiger partial charge is 0.255 e. The maximum atomic E-state index is 12.5. The number of likely N-dealkylation sites (N-methyl/N-ethyl adjacent to an activating group) is 1. The van der Waals surface area contributed by atoms with E-state index in [1.165, 1.54) is 22.2 Å². The second-order valence-corrected chi connectivity index (χ2v) is 4.59. The summed E-state index contributed by atoms with van der Waals surface area (Å²) in [6.07, 6.45) is 2.88. The Balaban J connectivity index is 2.04. The van der Waals surface area contributed by atoms with E-state index in [1.807, 2.05) is 0 Å². The SMILES string of the molecule is CN1C(=O)[C@@H](n2cncn2)COc2cccc(Cl)c21. The zero-order valence-electron chi connectivity index (χ0n) is 10.2. The highest BCUT2D eigenvalue weighted by Crippen LogP contribution is 2.38. The average Bonchev–Trinajstić information content (AvgIpc) is 2.88. The highest BCUT2D eigenvalue weighted by molar-refractivity contribution is 6.34. The molecule has 1 aromatic carbocycles. The first-order chi connectivity index (χ1) is 9.18. The van der Waals surface area contributed by atoms with Crippen molar-refractivity contribution in [2.45, 2.75) is 6.04 Å². The van der Waals surface area contributed by atoms with Gasteiger partial charge in [-0.05, 0) is 12.1 Å². The van der Waals surface area contributed by atoms with E-state index < -0.39 is 6.04 Å². The average molecular weight is 279 g/mol. The normalized spacial score (nSPS) is 18.7. The highest BCUT2D eigenvalue weighted by Gasteiger charge is 2.32. The number of fused-ring (bicyclic) bond motifs is 1. The van der Waals surface area contributed by atoms with Gasteiger partial charge in [0.25, 0.3) is 5.91 Å². The third-order valence-electron chi connectivity index (χ3n) is 3.05. The van der Waals surface area contributed by atoms with Crippen LogP contribution in [-0.2, 0) is 4.79 Å². The largest absolute Gasteiger partial charge is 0.489 e. The van der Waals surface area contributed by atoms with E-state index in [0.29, 0.717) is 16.5 Å². The predicted octanol–water partition coefficient (Wildman–Crippen LogP) is 1.53. The van der Waals surface area contributed by atoms with Gasteiger partial charge in [-0.15, -0.1) is 0 Å². The lowest BCUT2D eigenvalue weighted by Crippen LogP contribution is -2.35. The summed E-state index contributed by atoms with van der Waals surface area (Å²) >= 11 is 6.14. The van der Waals surface area contributed by atoms with Crippen LogP contribution in [0.4, 0.5) is 5.69 Å².